The Bertz CT molecular complexity index is 668. The molecular formula is C19H25NO3. The number of ether oxygens (including phenoxy) is 2. The summed E-state index contributed by atoms with van der Waals surface area (Å²) in [6.45, 7) is 5.15. The second kappa shape index (κ2) is 7.07. The maximum Gasteiger partial charge on any atom is 0.326 e. The average Bonchev–Trinajstić information content (AvgIpc) is 2.92. The number of carbonyl (C=O) groups is 1. The van der Waals surface area contributed by atoms with E-state index < -0.39 is 0 Å². The summed E-state index contributed by atoms with van der Waals surface area (Å²) in [5.41, 5.74) is 1.03. The Morgan fingerprint density at radius 3 is 2.74 bits per heavy atom. The van der Waals surface area contributed by atoms with E-state index in [1.165, 1.54) is 0 Å². The van der Waals surface area contributed by atoms with Crippen LogP contribution in [-0.4, -0.2) is 23.2 Å². The average molecular weight is 315 g/mol. The lowest BCUT2D eigenvalue weighted by Gasteiger charge is -2.26. The van der Waals surface area contributed by atoms with Gasteiger partial charge in [0.25, 0.3) is 0 Å². The summed E-state index contributed by atoms with van der Waals surface area (Å²) < 4.78 is 13.1. The minimum atomic E-state index is -0.143. The van der Waals surface area contributed by atoms with Gasteiger partial charge in [-0.3, -0.25) is 4.79 Å². The Labute approximate surface area is 137 Å². The van der Waals surface area contributed by atoms with Crippen LogP contribution in [0.15, 0.2) is 30.5 Å². The molecule has 0 bridgehead atoms. The van der Waals surface area contributed by atoms with E-state index in [1.807, 2.05) is 42.0 Å². The smallest absolute Gasteiger partial charge is 0.326 e. The van der Waals surface area contributed by atoms with E-state index >= 15 is 0 Å². The molecule has 1 heterocycles. The van der Waals surface area contributed by atoms with Crippen molar-refractivity contribution in [1.29, 1.82) is 0 Å². The third-order valence-corrected chi connectivity index (χ3v) is 4.61. The van der Waals surface area contributed by atoms with E-state index in [4.69, 9.17) is 9.47 Å². The topological polar surface area (TPSA) is 40.5 Å². The zero-order chi connectivity index (χ0) is 16.2. The van der Waals surface area contributed by atoms with Crippen molar-refractivity contribution >= 4 is 16.9 Å². The zero-order valence-electron chi connectivity index (χ0n) is 14.0. The molecular weight excluding hydrogens is 290 g/mol. The Morgan fingerprint density at radius 2 is 2.00 bits per heavy atom. The molecule has 1 fully saturated rings. The lowest BCUT2D eigenvalue weighted by atomic mass is 9.89. The van der Waals surface area contributed by atoms with Crippen LogP contribution in [0.1, 0.15) is 39.5 Å². The van der Waals surface area contributed by atoms with Gasteiger partial charge in [-0.1, -0.05) is 6.92 Å². The highest BCUT2D eigenvalue weighted by atomic mass is 16.5. The van der Waals surface area contributed by atoms with Crippen LogP contribution in [-0.2, 0) is 16.1 Å². The molecule has 1 aliphatic carbocycles. The largest absolute Gasteiger partial charge is 0.494 e. The van der Waals surface area contributed by atoms with Gasteiger partial charge < -0.3 is 14.0 Å². The van der Waals surface area contributed by atoms with Crippen LogP contribution >= 0.6 is 0 Å². The van der Waals surface area contributed by atoms with E-state index in [-0.39, 0.29) is 18.6 Å². The normalized spacial score (nSPS) is 21.3. The number of carbonyl (C=O) groups excluding carboxylic acids is 1. The van der Waals surface area contributed by atoms with Gasteiger partial charge in [0.05, 0.1) is 6.61 Å². The summed E-state index contributed by atoms with van der Waals surface area (Å²) >= 11 is 0. The number of hydrogen-bond acceptors (Lipinski definition) is 3. The number of benzene rings is 1. The predicted octanol–water partition coefficient (Wildman–Crippen LogP) is 4.16. The van der Waals surface area contributed by atoms with Gasteiger partial charge in [-0.25, -0.2) is 0 Å². The minimum absolute atomic E-state index is 0.102. The van der Waals surface area contributed by atoms with Crippen LogP contribution in [0.5, 0.6) is 5.75 Å². The first kappa shape index (κ1) is 15.9. The van der Waals surface area contributed by atoms with E-state index in [0.717, 1.165) is 48.3 Å². The molecule has 0 N–H and O–H groups in total. The number of hydrogen-bond donors (Lipinski definition) is 0. The van der Waals surface area contributed by atoms with Crippen LogP contribution < -0.4 is 4.74 Å². The Balaban J connectivity index is 1.63. The SMILES string of the molecule is CCOc1ccc2c(ccn2CC(=O)OC2CCC(C)CC2)c1. The molecule has 4 nitrogen and oxygen atoms in total. The monoisotopic (exact) mass is 315 g/mol. The fourth-order valence-electron chi connectivity index (χ4n) is 3.28. The van der Waals surface area contributed by atoms with Crippen molar-refractivity contribution < 1.29 is 14.3 Å². The quantitative estimate of drug-likeness (QED) is 0.778. The molecule has 0 unspecified atom stereocenters. The van der Waals surface area contributed by atoms with E-state index in [2.05, 4.69) is 6.92 Å². The number of fused-ring (bicyclic) bond motifs is 1. The van der Waals surface area contributed by atoms with Crippen molar-refractivity contribution in [3.63, 3.8) is 0 Å². The third-order valence-electron chi connectivity index (χ3n) is 4.61. The number of esters is 1. The van der Waals surface area contributed by atoms with Crippen molar-refractivity contribution in [2.24, 2.45) is 5.92 Å². The highest BCUT2D eigenvalue weighted by Crippen LogP contribution is 2.26. The first-order valence-corrected chi connectivity index (χ1v) is 8.57. The van der Waals surface area contributed by atoms with Crippen LogP contribution in [0, 0.1) is 5.92 Å². The predicted molar refractivity (Wildman–Crippen MR) is 90.6 cm³/mol. The Kier molecular flexibility index (Phi) is 4.89. The van der Waals surface area contributed by atoms with Crippen LogP contribution in [0.4, 0.5) is 0 Å². The van der Waals surface area contributed by atoms with Gasteiger partial charge in [0.2, 0.25) is 0 Å². The zero-order valence-corrected chi connectivity index (χ0v) is 14.0. The number of aromatic nitrogens is 1. The fourth-order valence-corrected chi connectivity index (χ4v) is 3.28. The standard InChI is InChI=1S/C19H25NO3/c1-3-22-17-8-9-18-15(12-17)10-11-20(18)13-19(21)23-16-6-4-14(2)5-7-16/h8-12,14,16H,3-7,13H2,1-2H3. The summed E-state index contributed by atoms with van der Waals surface area (Å²) in [5.74, 6) is 1.48. The van der Waals surface area contributed by atoms with E-state index in [9.17, 15) is 4.79 Å². The summed E-state index contributed by atoms with van der Waals surface area (Å²) in [5, 5.41) is 1.08. The number of rotatable bonds is 5. The minimum Gasteiger partial charge on any atom is -0.494 e. The summed E-state index contributed by atoms with van der Waals surface area (Å²) in [6, 6.07) is 7.95. The molecule has 1 saturated carbocycles. The van der Waals surface area contributed by atoms with Gasteiger partial charge in [0, 0.05) is 17.1 Å². The lowest BCUT2D eigenvalue weighted by molar-refractivity contribution is -0.151. The Hall–Kier alpha value is -1.97. The van der Waals surface area contributed by atoms with Crippen LogP contribution in [0.3, 0.4) is 0 Å². The van der Waals surface area contributed by atoms with Gasteiger partial charge in [0.15, 0.2) is 0 Å². The van der Waals surface area contributed by atoms with Gasteiger partial charge in [0.1, 0.15) is 18.4 Å². The second-order valence-corrected chi connectivity index (χ2v) is 6.47. The molecule has 0 atom stereocenters. The highest BCUT2D eigenvalue weighted by molar-refractivity contribution is 5.83. The van der Waals surface area contributed by atoms with E-state index in [1.54, 1.807) is 0 Å². The molecule has 4 heteroatoms. The Morgan fingerprint density at radius 1 is 1.22 bits per heavy atom. The van der Waals surface area contributed by atoms with Crippen LogP contribution in [0.2, 0.25) is 0 Å². The van der Waals surface area contributed by atoms with Crippen molar-refractivity contribution in [3.8, 4) is 5.75 Å². The molecule has 0 saturated heterocycles. The third kappa shape index (κ3) is 3.87. The molecule has 23 heavy (non-hydrogen) atoms. The summed E-state index contributed by atoms with van der Waals surface area (Å²) in [6.07, 6.45) is 6.35. The molecule has 1 aliphatic rings. The first-order chi connectivity index (χ1) is 11.2. The van der Waals surface area contributed by atoms with Gasteiger partial charge in [-0.05, 0) is 62.8 Å². The lowest BCUT2D eigenvalue weighted by Crippen LogP contribution is -2.25. The first-order valence-electron chi connectivity index (χ1n) is 8.57. The highest BCUT2D eigenvalue weighted by Gasteiger charge is 2.21. The molecule has 0 amide bonds. The molecule has 2 aromatic rings. The molecule has 124 valence electrons. The molecule has 3 rings (SSSR count). The van der Waals surface area contributed by atoms with Crippen LogP contribution in [0.25, 0.3) is 10.9 Å². The molecule has 0 spiro atoms. The number of nitrogens with zero attached hydrogens (tertiary/aromatic N) is 1. The molecule has 0 radical (unpaired) electrons. The maximum absolute atomic E-state index is 12.2. The van der Waals surface area contributed by atoms with Gasteiger partial charge in [-0.2, -0.15) is 0 Å². The van der Waals surface area contributed by atoms with E-state index in [0.29, 0.717) is 6.61 Å². The summed E-state index contributed by atoms with van der Waals surface area (Å²) in [7, 11) is 0. The summed E-state index contributed by atoms with van der Waals surface area (Å²) in [4.78, 5) is 12.2. The fraction of sp³-hybridized carbons (Fsp3) is 0.526. The molecule has 1 aromatic heterocycles. The van der Waals surface area contributed by atoms with Crippen molar-refractivity contribution in [2.45, 2.75) is 52.2 Å². The maximum atomic E-state index is 12.2. The van der Waals surface area contributed by atoms with Gasteiger partial charge >= 0.3 is 5.97 Å². The second-order valence-electron chi connectivity index (χ2n) is 6.47. The van der Waals surface area contributed by atoms with Gasteiger partial charge in [-0.15, -0.1) is 0 Å². The van der Waals surface area contributed by atoms with Crippen molar-refractivity contribution in [3.05, 3.63) is 30.5 Å². The van der Waals surface area contributed by atoms with Crippen molar-refractivity contribution in [2.75, 3.05) is 6.61 Å². The molecule has 0 aliphatic heterocycles. The molecule has 1 aromatic carbocycles. The van der Waals surface area contributed by atoms with Crippen molar-refractivity contribution in [1.82, 2.24) is 4.57 Å².